The van der Waals surface area contributed by atoms with Crippen LogP contribution >= 0.6 is 7.26 Å². The molecule has 6 nitrogen and oxygen atoms in total. The number of rotatable bonds is 13. The van der Waals surface area contributed by atoms with Gasteiger partial charge in [0.2, 0.25) is 11.6 Å². The molecule has 2 aromatic carbocycles. The maximum Gasteiger partial charge on any atom is 0.269 e. The van der Waals surface area contributed by atoms with Crippen molar-refractivity contribution in [2.45, 2.75) is 65.0 Å². The van der Waals surface area contributed by atoms with Gasteiger partial charge in [-0.15, -0.1) is 0 Å². The number of hydrogen-bond donors (Lipinski definition) is 0. The Morgan fingerprint density at radius 1 is 0.806 bits per heavy atom. The third-order valence-corrected chi connectivity index (χ3v) is 12.5. The molecule has 0 heterocycles. The van der Waals surface area contributed by atoms with Gasteiger partial charge in [0.25, 0.3) is 5.69 Å². The van der Waals surface area contributed by atoms with E-state index in [4.69, 9.17) is 0 Å². The number of hydrogen-bond acceptors (Lipinski definition) is 5. The summed E-state index contributed by atoms with van der Waals surface area (Å²) in [4.78, 5) is 38.1. The summed E-state index contributed by atoms with van der Waals surface area (Å²) >= 11 is 0. The van der Waals surface area contributed by atoms with Crippen molar-refractivity contribution in [2.75, 3.05) is 18.5 Å². The van der Waals surface area contributed by atoms with E-state index in [0.717, 1.165) is 57.0 Å². The summed E-state index contributed by atoms with van der Waals surface area (Å²) in [6, 6.07) is 12.9. The highest BCUT2D eigenvalue weighted by Crippen LogP contribution is 2.74. The highest BCUT2D eigenvalue weighted by molar-refractivity contribution is 7.76. The summed E-state index contributed by atoms with van der Waals surface area (Å²) in [6.07, 6.45) is 8.43. The highest BCUT2D eigenvalue weighted by atomic mass is 31.2. The van der Waals surface area contributed by atoms with Crippen molar-refractivity contribution < 1.29 is 19.6 Å². The monoisotopic (exact) mass is 509 g/mol. The third-order valence-electron chi connectivity index (χ3n) is 7.20. The zero-order valence-corrected chi connectivity index (χ0v) is 22.4. The molecule has 1 aliphatic rings. The molecule has 36 heavy (non-hydrogen) atoms. The number of benzene rings is 2. The summed E-state index contributed by atoms with van der Waals surface area (Å²) in [5, 5.41) is 25.6. The van der Waals surface area contributed by atoms with Crippen LogP contribution in [-0.4, -0.2) is 35.0 Å². The number of nitro groups is 1. The Balaban J connectivity index is 2.37. The lowest BCUT2D eigenvalue weighted by atomic mass is 9.85. The molecule has 0 fully saturated rings. The van der Waals surface area contributed by atoms with Gasteiger partial charge in [-0.05, 0) is 24.8 Å². The summed E-state index contributed by atoms with van der Waals surface area (Å²) in [7, 11) is -2.06. The normalized spacial score (nSPS) is 14.6. The molecule has 192 valence electrons. The van der Waals surface area contributed by atoms with Crippen molar-refractivity contribution >= 4 is 30.3 Å². The molecule has 3 rings (SSSR count). The van der Waals surface area contributed by atoms with Gasteiger partial charge in [0.05, 0.1) is 23.4 Å². The number of non-ortho nitro benzene ring substituents is 1. The number of nitro benzene ring substituents is 1. The number of unbranched alkanes of at least 4 members (excludes halogenated alkanes) is 3. The van der Waals surface area contributed by atoms with Crippen molar-refractivity contribution in [3.05, 3.63) is 80.9 Å². The number of allylic oxidation sites excluding steroid dienone is 1. The van der Waals surface area contributed by atoms with Crippen molar-refractivity contribution in [3.63, 3.8) is 0 Å². The van der Waals surface area contributed by atoms with E-state index in [9.17, 15) is 24.8 Å². The van der Waals surface area contributed by atoms with E-state index in [1.54, 1.807) is 30.3 Å². The molecule has 0 aromatic heterocycles. The molecule has 0 spiro atoms. The van der Waals surface area contributed by atoms with Gasteiger partial charge in [-0.25, -0.2) is 0 Å². The van der Waals surface area contributed by atoms with E-state index >= 15 is 0 Å². The van der Waals surface area contributed by atoms with E-state index in [0.29, 0.717) is 5.56 Å². The molecular weight excluding hydrogens is 473 g/mol. The first-order valence-electron chi connectivity index (χ1n) is 13.0. The van der Waals surface area contributed by atoms with Crippen molar-refractivity contribution in [2.24, 2.45) is 0 Å². The summed E-state index contributed by atoms with van der Waals surface area (Å²) in [5.41, 5.74) is 0.390. The quantitative estimate of drug-likeness (QED) is 0.131. The van der Waals surface area contributed by atoms with Gasteiger partial charge < -0.3 is 5.11 Å². The van der Waals surface area contributed by atoms with E-state index in [1.807, 2.05) is 0 Å². The first-order chi connectivity index (χ1) is 17.3. The summed E-state index contributed by atoms with van der Waals surface area (Å²) in [5.74, 6) is -1.81. The smallest absolute Gasteiger partial charge is 0.269 e. The van der Waals surface area contributed by atoms with E-state index in [-0.39, 0.29) is 22.4 Å². The van der Waals surface area contributed by atoms with E-state index in [1.165, 1.54) is 18.2 Å². The molecule has 0 radical (unpaired) electrons. The zero-order chi connectivity index (χ0) is 26.3. The standard InChI is InChI=1S/C29H36NO5P/c1-4-7-17-36(18-8-5-2,19-9-6-3)29(21-13-12-14-22(20-21)30(34)35)25-26(31)23-15-10-11-16-24(23)27(32)28(25)33/h10-16,20,29H,4-9,17-19H2,1-3H3. The number of Topliss-reactive ketones (excluding diaryl/α,β-unsaturated/α-hetero) is 2. The van der Waals surface area contributed by atoms with Crippen LogP contribution in [0.1, 0.15) is 86.4 Å². The Kier molecular flexibility index (Phi) is 9.56. The van der Waals surface area contributed by atoms with Gasteiger partial charge in [-0.3, -0.25) is 19.7 Å². The minimum Gasteiger partial charge on any atom is -0.872 e. The highest BCUT2D eigenvalue weighted by Gasteiger charge is 2.50. The van der Waals surface area contributed by atoms with Crippen molar-refractivity contribution in [3.8, 4) is 0 Å². The first kappa shape index (κ1) is 27.7. The van der Waals surface area contributed by atoms with Gasteiger partial charge in [-0.1, -0.05) is 82.2 Å². The molecule has 0 amide bonds. The summed E-state index contributed by atoms with van der Waals surface area (Å²) in [6.45, 7) is 6.38. The molecule has 0 aliphatic heterocycles. The zero-order valence-electron chi connectivity index (χ0n) is 21.5. The average Bonchev–Trinajstić information content (AvgIpc) is 2.90. The minimum atomic E-state index is -2.06. The van der Waals surface area contributed by atoms with Crippen LogP contribution in [0.2, 0.25) is 0 Å². The maximum atomic E-state index is 13.9. The van der Waals surface area contributed by atoms with Gasteiger partial charge in [-0.2, -0.15) is 0 Å². The van der Waals surface area contributed by atoms with Gasteiger partial charge in [0.15, 0.2) is 0 Å². The van der Waals surface area contributed by atoms with E-state index in [2.05, 4.69) is 20.8 Å². The molecule has 1 unspecified atom stereocenters. The summed E-state index contributed by atoms with van der Waals surface area (Å²) < 4.78 is 0. The van der Waals surface area contributed by atoms with Crippen molar-refractivity contribution in [1.82, 2.24) is 0 Å². The molecule has 0 bridgehead atoms. The number of carbonyl (C=O) groups excluding carboxylic acids is 2. The van der Waals surface area contributed by atoms with Crippen LogP contribution in [-0.2, 0) is 4.79 Å². The second-order valence-corrected chi connectivity index (χ2v) is 13.9. The molecular formula is C29H36NO5P. The maximum absolute atomic E-state index is 13.9. The molecule has 1 aliphatic carbocycles. The lowest BCUT2D eigenvalue weighted by Crippen LogP contribution is -2.33. The number of fused-ring (bicyclic) bond motifs is 1. The Morgan fingerprint density at radius 2 is 1.36 bits per heavy atom. The predicted octanol–water partition coefficient (Wildman–Crippen LogP) is 6.59. The fourth-order valence-corrected chi connectivity index (χ4v) is 11.2. The second kappa shape index (κ2) is 12.4. The second-order valence-electron chi connectivity index (χ2n) is 9.65. The Bertz CT molecular complexity index is 1130. The Morgan fingerprint density at radius 3 is 1.89 bits per heavy atom. The van der Waals surface area contributed by atoms with E-state index < -0.39 is 35.2 Å². The average molecular weight is 510 g/mol. The number of nitrogens with zero attached hydrogens (tertiary/aromatic N) is 1. The number of carbonyl (C=O) groups is 2. The fraction of sp³-hybridized carbons (Fsp3) is 0.448. The largest absolute Gasteiger partial charge is 0.872 e. The van der Waals surface area contributed by atoms with Crippen LogP contribution in [0.15, 0.2) is 54.1 Å². The van der Waals surface area contributed by atoms with Gasteiger partial charge in [0, 0.05) is 36.1 Å². The lowest BCUT2D eigenvalue weighted by molar-refractivity contribution is -0.384. The van der Waals surface area contributed by atoms with Crippen LogP contribution in [0.3, 0.4) is 0 Å². The third kappa shape index (κ3) is 5.59. The first-order valence-corrected chi connectivity index (χ1v) is 15.4. The minimum absolute atomic E-state index is 0.0239. The molecule has 0 saturated carbocycles. The lowest BCUT2D eigenvalue weighted by Gasteiger charge is -2.39. The Labute approximate surface area is 214 Å². The molecule has 0 saturated heterocycles. The van der Waals surface area contributed by atoms with Crippen LogP contribution in [0.4, 0.5) is 5.69 Å². The van der Waals surface area contributed by atoms with Crippen LogP contribution in [0.5, 0.6) is 0 Å². The van der Waals surface area contributed by atoms with Gasteiger partial charge >= 0.3 is 0 Å². The predicted molar refractivity (Wildman–Crippen MR) is 145 cm³/mol. The molecule has 1 atom stereocenters. The topological polar surface area (TPSA) is 100 Å². The van der Waals surface area contributed by atoms with Crippen molar-refractivity contribution in [1.29, 1.82) is 0 Å². The van der Waals surface area contributed by atoms with Crippen LogP contribution in [0.25, 0.3) is 5.76 Å². The van der Waals surface area contributed by atoms with Crippen LogP contribution in [0, 0.1) is 10.1 Å². The van der Waals surface area contributed by atoms with Gasteiger partial charge in [0.1, 0.15) is 5.66 Å². The SMILES string of the molecule is CCCC[P+](CCCC)(CCCC)C(C1=C([O-])c2ccccc2C(=O)C1=O)c1cccc([N+](=O)[O-])c1. The molecule has 7 heteroatoms. The van der Waals surface area contributed by atoms with Crippen LogP contribution < -0.4 is 5.11 Å². The number of ketones is 2. The Hall–Kier alpha value is -2.85. The molecule has 0 N–H and O–H groups in total. The molecule has 2 aromatic rings. The fourth-order valence-electron chi connectivity index (χ4n) is 5.33.